The van der Waals surface area contributed by atoms with Gasteiger partial charge in [-0.1, -0.05) is 12.1 Å². The number of aromatic nitrogens is 1. The molecule has 1 fully saturated rings. The first-order valence-electron chi connectivity index (χ1n) is 12.7. The standard InChI is InChI=1S/C30H27N3O7/c1-3-40-20-10-8-18(9-11-20)28(34)26-27(22-6-4-5-7-25(22)33(37)38)32(30(36)29(26)35)15-14-19-17-31-24-13-12-21(39-2)16-23(19)24/h4-13,16-17,27,31,34H,3,14-15H2,1-2H3/b28-26-. The molecule has 5 rings (SSSR count). The van der Waals surface area contributed by atoms with Crippen molar-refractivity contribution < 1.29 is 29.1 Å². The molecule has 3 aromatic carbocycles. The Morgan fingerprint density at radius 1 is 1.07 bits per heavy atom. The Morgan fingerprint density at radius 2 is 1.80 bits per heavy atom. The number of hydrogen-bond acceptors (Lipinski definition) is 7. The molecule has 0 aliphatic carbocycles. The van der Waals surface area contributed by atoms with E-state index >= 15 is 0 Å². The molecule has 204 valence electrons. The summed E-state index contributed by atoms with van der Waals surface area (Å²) in [6.07, 6.45) is 2.17. The van der Waals surface area contributed by atoms with Gasteiger partial charge >= 0.3 is 0 Å². The van der Waals surface area contributed by atoms with E-state index < -0.39 is 28.4 Å². The number of carbonyl (C=O) groups excluding carboxylic acids is 2. The summed E-state index contributed by atoms with van der Waals surface area (Å²) in [4.78, 5) is 42.7. The number of ether oxygens (including phenoxy) is 2. The number of benzene rings is 3. The third-order valence-electron chi connectivity index (χ3n) is 7.00. The van der Waals surface area contributed by atoms with Gasteiger partial charge < -0.3 is 24.5 Å². The number of methoxy groups -OCH3 is 1. The van der Waals surface area contributed by atoms with Crippen molar-refractivity contribution >= 4 is 34.0 Å². The Balaban J connectivity index is 1.59. The van der Waals surface area contributed by atoms with Gasteiger partial charge in [-0.05, 0) is 67.4 Å². The number of nitro benzene ring substituents is 1. The summed E-state index contributed by atoms with van der Waals surface area (Å²) in [5, 5.41) is 24.2. The highest BCUT2D eigenvalue weighted by atomic mass is 16.6. The molecule has 2 heterocycles. The van der Waals surface area contributed by atoms with E-state index in [1.807, 2.05) is 31.3 Å². The van der Waals surface area contributed by atoms with Crippen LogP contribution in [0.3, 0.4) is 0 Å². The fourth-order valence-electron chi connectivity index (χ4n) is 5.08. The highest BCUT2D eigenvalue weighted by Crippen LogP contribution is 2.42. The smallest absolute Gasteiger partial charge is 0.295 e. The van der Waals surface area contributed by atoms with Crippen molar-refractivity contribution in [3.63, 3.8) is 0 Å². The van der Waals surface area contributed by atoms with Crippen LogP contribution < -0.4 is 9.47 Å². The second kappa shape index (κ2) is 10.9. The first kappa shape index (κ1) is 26.5. The number of H-pyrrole nitrogens is 1. The van der Waals surface area contributed by atoms with E-state index in [0.717, 1.165) is 16.5 Å². The van der Waals surface area contributed by atoms with Crippen molar-refractivity contribution in [1.82, 2.24) is 9.88 Å². The number of aromatic amines is 1. The lowest BCUT2D eigenvalue weighted by molar-refractivity contribution is -0.385. The maximum absolute atomic E-state index is 13.4. The highest BCUT2D eigenvalue weighted by Gasteiger charge is 2.47. The van der Waals surface area contributed by atoms with Gasteiger partial charge in [0.2, 0.25) is 0 Å². The van der Waals surface area contributed by atoms with Gasteiger partial charge in [-0.25, -0.2) is 0 Å². The normalized spacial score (nSPS) is 16.4. The molecule has 1 aromatic heterocycles. The van der Waals surface area contributed by atoms with Crippen LogP contribution in [0.4, 0.5) is 5.69 Å². The number of Topliss-reactive ketones (excluding diaryl/α,β-unsaturated/α-hetero) is 1. The van der Waals surface area contributed by atoms with Crippen LogP contribution in [0.5, 0.6) is 11.5 Å². The molecule has 0 spiro atoms. The monoisotopic (exact) mass is 541 g/mol. The number of carbonyl (C=O) groups is 2. The number of ketones is 1. The molecule has 10 nitrogen and oxygen atoms in total. The van der Waals surface area contributed by atoms with Gasteiger partial charge in [-0.15, -0.1) is 0 Å². The lowest BCUT2D eigenvalue weighted by Crippen LogP contribution is -2.32. The number of nitrogens with one attached hydrogen (secondary N) is 1. The first-order chi connectivity index (χ1) is 19.3. The summed E-state index contributed by atoms with van der Waals surface area (Å²) >= 11 is 0. The molecule has 0 bridgehead atoms. The van der Waals surface area contributed by atoms with Crippen molar-refractivity contribution in [1.29, 1.82) is 0 Å². The van der Waals surface area contributed by atoms with Gasteiger partial charge in [0.25, 0.3) is 17.4 Å². The van der Waals surface area contributed by atoms with Crippen LogP contribution in [-0.4, -0.2) is 51.9 Å². The molecule has 1 unspecified atom stereocenters. The number of rotatable bonds is 9. The largest absolute Gasteiger partial charge is 0.507 e. The van der Waals surface area contributed by atoms with E-state index in [0.29, 0.717) is 24.5 Å². The lowest BCUT2D eigenvalue weighted by Gasteiger charge is -2.25. The molecule has 2 N–H and O–H groups in total. The van der Waals surface area contributed by atoms with E-state index in [4.69, 9.17) is 9.47 Å². The van der Waals surface area contributed by atoms with Gasteiger partial charge in [0, 0.05) is 35.3 Å². The maximum atomic E-state index is 13.4. The first-order valence-corrected chi connectivity index (χ1v) is 12.7. The summed E-state index contributed by atoms with van der Waals surface area (Å²) in [5.74, 6) is -0.916. The van der Waals surface area contributed by atoms with E-state index in [-0.39, 0.29) is 28.9 Å². The van der Waals surface area contributed by atoms with Gasteiger partial charge in [0.1, 0.15) is 17.3 Å². The summed E-state index contributed by atoms with van der Waals surface area (Å²) in [7, 11) is 1.57. The van der Waals surface area contributed by atoms with Crippen molar-refractivity contribution in [2.75, 3.05) is 20.3 Å². The van der Waals surface area contributed by atoms with Crippen LogP contribution in [0.15, 0.2) is 78.5 Å². The van der Waals surface area contributed by atoms with Gasteiger partial charge in [-0.3, -0.25) is 19.7 Å². The van der Waals surface area contributed by atoms with Crippen LogP contribution in [-0.2, 0) is 16.0 Å². The molecular formula is C30H27N3O7. The molecule has 1 atom stereocenters. The van der Waals surface area contributed by atoms with Crippen LogP contribution in [0.25, 0.3) is 16.7 Å². The number of amides is 1. The van der Waals surface area contributed by atoms with Crippen molar-refractivity contribution in [3.8, 4) is 11.5 Å². The number of likely N-dealkylation sites (tertiary alicyclic amines) is 1. The predicted octanol–water partition coefficient (Wildman–Crippen LogP) is 5.15. The zero-order chi connectivity index (χ0) is 28.4. The SMILES string of the molecule is CCOc1ccc(/C(O)=C2/C(=O)C(=O)N(CCc3c[nH]c4ccc(OC)cc34)C2c2ccccc2[N+](=O)[O-])cc1. The molecule has 1 aliphatic heterocycles. The molecule has 0 saturated carbocycles. The second-order valence-electron chi connectivity index (χ2n) is 9.24. The van der Waals surface area contributed by atoms with Crippen LogP contribution in [0.1, 0.15) is 29.7 Å². The average molecular weight is 542 g/mol. The predicted molar refractivity (Wildman–Crippen MR) is 148 cm³/mol. The van der Waals surface area contributed by atoms with Crippen LogP contribution in [0, 0.1) is 10.1 Å². The number of nitro groups is 1. The van der Waals surface area contributed by atoms with Crippen molar-refractivity contribution in [2.24, 2.45) is 0 Å². The van der Waals surface area contributed by atoms with Crippen molar-refractivity contribution in [2.45, 2.75) is 19.4 Å². The fraction of sp³-hybridized carbons (Fsp3) is 0.200. The summed E-state index contributed by atoms with van der Waals surface area (Å²) < 4.78 is 10.8. The van der Waals surface area contributed by atoms with Crippen LogP contribution >= 0.6 is 0 Å². The third kappa shape index (κ3) is 4.75. The molecule has 1 saturated heterocycles. The molecule has 4 aromatic rings. The molecule has 1 aliphatic rings. The Labute approximate surface area is 229 Å². The Bertz CT molecular complexity index is 1640. The summed E-state index contributed by atoms with van der Waals surface area (Å²) in [6.45, 7) is 2.37. The number of hydrogen-bond donors (Lipinski definition) is 2. The highest BCUT2D eigenvalue weighted by molar-refractivity contribution is 6.46. The average Bonchev–Trinajstić information content (AvgIpc) is 3.49. The minimum Gasteiger partial charge on any atom is -0.507 e. The maximum Gasteiger partial charge on any atom is 0.295 e. The Morgan fingerprint density at radius 3 is 2.50 bits per heavy atom. The van der Waals surface area contributed by atoms with E-state index in [1.165, 1.54) is 23.1 Å². The quantitative estimate of drug-likeness (QED) is 0.0984. The number of fused-ring (bicyclic) bond motifs is 1. The molecule has 10 heteroatoms. The number of nitrogens with zero attached hydrogens (tertiary/aromatic N) is 2. The number of para-hydroxylation sites is 1. The minimum atomic E-state index is -1.16. The summed E-state index contributed by atoms with van der Waals surface area (Å²) in [6, 6.07) is 16.8. The Kier molecular flexibility index (Phi) is 7.24. The zero-order valence-corrected chi connectivity index (χ0v) is 21.9. The fourth-order valence-corrected chi connectivity index (χ4v) is 5.08. The van der Waals surface area contributed by atoms with Crippen LogP contribution in [0.2, 0.25) is 0 Å². The third-order valence-corrected chi connectivity index (χ3v) is 7.00. The lowest BCUT2D eigenvalue weighted by atomic mass is 9.94. The van der Waals surface area contributed by atoms with Gasteiger partial charge in [0.15, 0.2) is 0 Å². The molecular weight excluding hydrogens is 514 g/mol. The molecule has 40 heavy (non-hydrogen) atoms. The van der Waals surface area contributed by atoms with Gasteiger partial charge in [-0.2, -0.15) is 0 Å². The summed E-state index contributed by atoms with van der Waals surface area (Å²) in [5.41, 5.74) is 1.72. The van der Waals surface area contributed by atoms with E-state index in [2.05, 4.69) is 4.98 Å². The topological polar surface area (TPSA) is 135 Å². The molecule has 0 radical (unpaired) electrons. The van der Waals surface area contributed by atoms with Crippen molar-refractivity contribution in [3.05, 3.63) is 105 Å². The second-order valence-corrected chi connectivity index (χ2v) is 9.24. The number of aliphatic hydroxyl groups excluding tert-OH is 1. The van der Waals surface area contributed by atoms with E-state index in [9.17, 15) is 24.8 Å². The molecule has 1 amide bonds. The zero-order valence-electron chi connectivity index (χ0n) is 21.9. The Hall–Kier alpha value is -5.12. The van der Waals surface area contributed by atoms with Gasteiger partial charge in [0.05, 0.1) is 35.8 Å². The minimum absolute atomic E-state index is 0.0749. The number of aliphatic hydroxyl groups is 1. The van der Waals surface area contributed by atoms with E-state index in [1.54, 1.807) is 37.4 Å².